The average Bonchev–Trinajstić information content (AvgIpc) is 2.66. The minimum Gasteiger partial charge on any atom is -0.387 e. The van der Waals surface area contributed by atoms with Crippen molar-refractivity contribution >= 4 is 5.69 Å². The van der Waals surface area contributed by atoms with Crippen LogP contribution in [0.5, 0.6) is 0 Å². The Morgan fingerprint density at radius 2 is 1.91 bits per heavy atom. The maximum Gasteiger partial charge on any atom is 0.186 e. The Bertz CT molecular complexity index is 495. The Labute approximate surface area is 130 Å². The van der Waals surface area contributed by atoms with Crippen LogP contribution in [0.4, 0.5) is 5.69 Å². The number of aliphatic hydroxyl groups is 2. The van der Waals surface area contributed by atoms with Gasteiger partial charge >= 0.3 is 0 Å². The largest absolute Gasteiger partial charge is 0.387 e. The van der Waals surface area contributed by atoms with E-state index in [1.54, 1.807) is 0 Å². The third kappa shape index (κ3) is 3.26. The highest BCUT2D eigenvalue weighted by molar-refractivity contribution is 5.50. The summed E-state index contributed by atoms with van der Waals surface area (Å²) in [6.45, 7) is 3.42. The summed E-state index contributed by atoms with van der Waals surface area (Å²) in [6, 6.07) is 7.96. The summed E-state index contributed by atoms with van der Waals surface area (Å²) in [5.74, 6) is 0. The monoisotopic (exact) mass is 309 g/mol. The van der Waals surface area contributed by atoms with E-state index in [4.69, 9.17) is 14.2 Å². The van der Waals surface area contributed by atoms with Gasteiger partial charge < -0.3 is 29.7 Å². The molecule has 3 heterocycles. The maximum absolute atomic E-state index is 10.3. The predicted octanol–water partition coefficient (Wildman–Crippen LogP) is 0.659. The highest BCUT2D eigenvalue weighted by atomic mass is 16.7. The molecule has 0 aromatic heterocycles. The number of aryl methyl sites for hydroxylation is 1. The van der Waals surface area contributed by atoms with E-state index in [1.807, 2.05) is 31.2 Å². The van der Waals surface area contributed by atoms with Crippen LogP contribution in [0.15, 0.2) is 24.3 Å². The molecule has 2 bridgehead atoms. The van der Waals surface area contributed by atoms with E-state index >= 15 is 0 Å². The van der Waals surface area contributed by atoms with E-state index in [1.165, 1.54) is 0 Å². The molecule has 0 radical (unpaired) electrons. The van der Waals surface area contributed by atoms with Crippen molar-refractivity contribution in [3.05, 3.63) is 29.8 Å². The molecule has 6 heteroatoms. The summed E-state index contributed by atoms with van der Waals surface area (Å²) >= 11 is 0. The van der Waals surface area contributed by atoms with Crippen molar-refractivity contribution in [2.75, 3.05) is 25.1 Å². The van der Waals surface area contributed by atoms with E-state index < -0.39 is 24.6 Å². The van der Waals surface area contributed by atoms with Gasteiger partial charge in [-0.25, -0.2) is 0 Å². The fourth-order valence-corrected chi connectivity index (χ4v) is 2.87. The minimum atomic E-state index is -1.09. The first-order valence-electron chi connectivity index (χ1n) is 7.71. The average molecular weight is 309 g/mol. The molecular formula is C16H23NO5. The molecular weight excluding hydrogens is 286 g/mol. The molecule has 3 N–H and O–H groups in total. The highest BCUT2D eigenvalue weighted by Gasteiger charge is 2.46. The zero-order valence-electron chi connectivity index (χ0n) is 12.6. The van der Waals surface area contributed by atoms with E-state index in [2.05, 4.69) is 5.32 Å². The van der Waals surface area contributed by atoms with Crippen molar-refractivity contribution in [2.24, 2.45) is 0 Å². The van der Waals surface area contributed by atoms with Gasteiger partial charge in [-0.15, -0.1) is 0 Å². The van der Waals surface area contributed by atoms with Gasteiger partial charge in [-0.1, -0.05) is 18.2 Å². The number of anilines is 1. The predicted molar refractivity (Wildman–Crippen MR) is 80.7 cm³/mol. The van der Waals surface area contributed by atoms with Crippen LogP contribution in [0.25, 0.3) is 0 Å². The van der Waals surface area contributed by atoms with Crippen LogP contribution in [-0.4, -0.2) is 60.7 Å². The second-order valence-electron chi connectivity index (χ2n) is 5.78. The molecule has 22 heavy (non-hydrogen) atoms. The van der Waals surface area contributed by atoms with Crippen LogP contribution in [0.1, 0.15) is 12.0 Å². The number of ether oxygens (including phenoxy) is 3. The molecule has 1 aromatic rings. The fraction of sp³-hybridized carbons (Fsp3) is 0.625. The Balaban J connectivity index is 1.71. The second kappa shape index (κ2) is 6.93. The van der Waals surface area contributed by atoms with Gasteiger partial charge in [0.2, 0.25) is 0 Å². The van der Waals surface area contributed by atoms with E-state index in [-0.39, 0.29) is 6.10 Å². The van der Waals surface area contributed by atoms with Crippen molar-refractivity contribution in [1.29, 1.82) is 0 Å². The van der Waals surface area contributed by atoms with Gasteiger partial charge in [0.05, 0.1) is 6.61 Å². The van der Waals surface area contributed by atoms with E-state index in [0.29, 0.717) is 26.2 Å². The fourth-order valence-electron chi connectivity index (χ4n) is 2.87. The summed E-state index contributed by atoms with van der Waals surface area (Å²) < 4.78 is 17.0. The smallest absolute Gasteiger partial charge is 0.186 e. The molecule has 0 saturated carbocycles. The lowest BCUT2D eigenvalue weighted by Gasteiger charge is -2.41. The van der Waals surface area contributed by atoms with Crippen LogP contribution < -0.4 is 5.32 Å². The third-order valence-corrected chi connectivity index (χ3v) is 4.16. The maximum atomic E-state index is 10.3. The normalized spacial score (nSPS) is 35.5. The summed E-state index contributed by atoms with van der Waals surface area (Å²) in [7, 11) is 0. The van der Waals surface area contributed by atoms with Crippen LogP contribution in [0.2, 0.25) is 0 Å². The minimum absolute atomic E-state index is 0.388. The lowest BCUT2D eigenvalue weighted by atomic mass is 9.98. The van der Waals surface area contributed by atoms with Gasteiger partial charge in [0, 0.05) is 18.8 Å². The highest BCUT2D eigenvalue weighted by Crippen LogP contribution is 2.26. The van der Waals surface area contributed by atoms with Crippen molar-refractivity contribution in [1.82, 2.24) is 0 Å². The Kier molecular flexibility index (Phi) is 4.95. The van der Waals surface area contributed by atoms with Crippen LogP contribution in [-0.2, 0) is 14.2 Å². The molecule has 0 amide bonds. The first-order chi connectivity index (χ1) is 10.7. The van der Waals surface area contributed by atoms with Gasteiger partial charge in [0.25, 0.3) is 0 Å². The van der Waals surface area contributed by atoms with Crippen molar-refractivity contribution < 1.29 is 24.4 Å². The lowest BCUT2D eigenvalue weighted by Crippen LogP contribution is -2.60. The third-order valence-electron chi connectivity index (χ3n) is 4.16. The summed E-state index contributed by atoms with van der Waals surface area (Å²) in [5, 5.41) is 23.6. The van der Waals surface area contributed by atoms with Crippen LogP contribution >= 0.6 is 0 Å². The molecule has 5 unspecified atom stereocenters. The number of aliphatic hydroxyl groups excluding tert-OH is 2. The molecule has 0 aliphatic carbocycles. The molecule has 3 fully saturated rings. The number of benzene rings is 1. The topological polar surface area (TPSA) is 80.2 Å². The number of nitrogens with one attached hydrogen (secondary N) is 1. The summed E-state index contributed by atoms with van der Waals surface area (Å²) in [4.78, 5) is 0. The van der Waals surface area contributed by atoms with Gasteiger partial charge in [-0.2, -0.15) is 0 Å². The SMILES string of the molecule is Cc1ccccc1NCC1OC2OCCCOC1C(O)C2O. The molecule has 0 spiro atoms. The molecule has 122 valence electrons. The van der Waals surface area contributed by atoms with Gasteiger partial charge in [0.15, 0.2) is 6.29 Å². The van der Waals surface area contributed by atoms with Crippen molar-refractivity contribution in [3.63, 3.8) is 0 Å². The van der Waals surface area contributed by atoms with Crippen molar-refractivity contribution in [2.45, 2.75) is 44.1 Å². The van der Waals surface area contributed by atoms with Gasteiger partial charge in [0.1, 0.15) is 24.4 Å². The first-order valence-corrected chi connectivity index (χ1v) is 7.71. The summed E-state index contributed by atoms with van der Waals surface area (Å²) in [6.07, 6.45) is -3.14. The molecule has 4 rings (SSSR count). The van der Waals surface area contributed by atoms with Gasteiger partial charge in [-0.3, -0.25) is 0 Å². The molecule has 3 saturated heterocycles. The molecule has 3 aliphatic rings. The zero-order chi connectivity index (χ0) is 15.5. The molecule has 5 atom stereocenters. The van der Waals surface area contributed by atoms with Gasteiger partial charge in [-0.05, 0) is 25.0 Å². The quantitative estimate of drug-likeness (QED) is 0.761. The number of rotatable bonds is 3. The van der Waals surface area contributed by atoms with E-state index in [9.17, 15) is 10.2 Å². The molecule has 6 nitrogen and oxygen atoms in total. The number of para-hydroxylation sites is 1. The second-order valence-corrected chi connectivity index (χ2v) is 5.78. The van der Waals surface area contributed by atoms with Crippen LogP contribution in [0.3, 0.4) is 0 Å². The number of hydrogen-bond acceptors (Lipinski definition) is 6. The summed E-state index contributed by atoms with van der Waals surface area (Å²) in [5.41, 5.74) is 2.14. The van der Waals surface area contributed by atoms with E-state index in [0.717, 1.165) is 11.3 Å². The Morgan fingerprint density at radius 3 is 2.73 bits per heavy atom. The lowest BCUT2D eigenvalue weighted by molar-refractivity contribution is -0.291. The van der Waals surface area contributed by atoms with Crippen molar-refractivity contribution in [3.8, 4) is 0 Å². The molecule has 3 aliphatic heterocycles. The standard InChI is InChI=1S/C16H23NO5/c1-10-5-2-3-6-11(10)17-9-12-15-13(18)14(19)16(22-12)21-8-4-7-20-15/h2-3,5-6,12-19H,4,7-9H2,1H3. The number of hydrogen-bond donors (Lipinski definition) is 3. The zero-order valence-corrected chi connectivity index (χ0v) is 12.6. The Morgan fingerprint density at radius 1 is 1.14 bits per heavy atom. The Hall–Kier alpha value is -1.18. The first kappa shape index (κ1) is 15.7. The van der Waals surface area contributed by atoms with Crippen LogP contribution in [0, 0.1) is 6.92 Å². The number of fused-ring (bicyclic) bond motifs is 6. The molecule has 1 aromatic carbocycles.